The molecule has 9 rings (SSSR count). The van der Waals surface area contributed by atoms with E-state index in [0.717, 1.165) is 54.1 Å². The standard InChI is InChI=1S/C43H43N11O3/c1-4-52-37-10-6-5-9-32(37)33-22-29(12-17-38(33)52)24-50(18-8-20-55)43(57)40-36(48-53-19-7-11-39(40)53)26-51-25-35(47-49-51)30-13-15-31(16-14-30)46-42(56)34-23-44-54-28(3)21-27(2)45-41(34)54/h5-6,9-10,12-17,21-23,25,55H,4,7-8,11,18-20,24,26H2,1-3H3,(H,46,56). The number of carbonyl (C=O) groups excluding carboxylic acids is 2. The van der Waals surface area contributed by atoms with Gasteiger partial charge in [0.15, 0.2) is 5.65 Å². The molecule has 2 amide bonds. The zero-order chi connectivity index (χ0) is 39.2. The Balaban J connectivity index is 0.941. The Hall–Kier alpha value is -6.67. The smallest absolute Gasteiger partial charge is 0.261 e. The van der Waals surface area contributed by atoms with E-state index in [0.29, 0.717) is 53.4 Å². The topological polar surface area (TPSA) is 153 Å². The molecule has 0 unspecified atom stereocenters. The van der Waals surface area contributed by atoms with Crippen molar-refractivity contribution < 1.29 is 14.7 Å². The molecule has 1 aliphatic rings. The van der Waals surface area contributed by atoms with Gasteiger partial charge < -0.3 is 19.9 Å². The van der Waals surface area contributed by atoms with Gasteiger partial charge in [-0.3, -0.25) is 14.3 Å². The summed E-state index contributed by atoms with van der Waals surface area (Å²) < 4.78 is 7.64. The SMILES string of the molecule is CCn1c2ccccc2c2cc(CN(CCCO)C(=O)c3c(Cn4cc(-c5ccc(NC(=O)c6cnn7c(C)cc(C)nc67)cc5)nn4)nn4c3CCC4)ccc21. The molecule has 8 aromatic rings. The van der Waals surface area contributed by atoms with E-state index in [2.05, 4.69) is 79.7 Å². The van der Waals surface area contributed by atoms with Crippen LogP contribution in [0.2, 0.25) is 0 Å². The van der Waals surface area contributed by atoms with E-state index in [9.17, 15) is 14.7 Å². The number of rotatable bonds is 12. The molecule has 0 bridgehead atoms. The summed E-state index contributed by atoms with van der Waals surface area (Å²) in [5.41, 5.74) is 10.3. The van der Waals surface area contributed by atoms with Crippen LogP contribution in [0, 0.1) is 13.8 Å². The van der Waals surface area contributed by atoms with E-state index in [-0.39, 0.29) is 25.0 Å². The van der Waals surface area contributed by atoms with Gasteiger partial charge in [0.1, 0.15) is 11.3 Å². The highest BCUT2D eigenvalue weighted by Gasteiger charge is 2.30. The highest BCUT2D eigenvalue weighted by atomic mass is 16.3. The van der Waals surface area contributed by atoms with Gasteiger partial charge in [-0.15, -0.1) is 5.10 Å². The second-order valence-electron chi connectivity index (χ2n) is 14.7. The lowest BCUT2D eigenvalue weighted by Gasteiger charge is -2.23. The lowest BCUT2D eigenvalue weighted by Crippen LogP contribution is -2.33. The van der Waals surface area contributed by atoms with Crippen molar-refractivity contribution in [3.8, 4) is 11.3 Å². The molecule has 0 fully saturated rings. The molecule has 0 aliphatic carbocycles. The van der Waals surface area contributed by atoms with E-state index in [1.54, 1.807) is 9.20 Å². The van der Waals surface area contributed by atoms with Crippen LogP contribution in [0.15, 0.2) is 85.2 Å². The van der Waals surface area contributed by atoms with Crippen LogP contribution in [-0.2, 0) is 32.6 Å². The first-order valence-corrected chi connectivity index (χ1v) is 19.4. The van der Waals surface area contributed by atoms with Crippen LogP contribution in [0.25, 0.3) is 38.7 Å². The zero-order valence-corrected chi connectivity index (χ0v) is 32.2. The third-order valence-corrected chi connectivity index (χ3v) is 10.8. The molecule has 0 spiro atoms. The highest BCUT2D eigenvalue weighted by Crippen LogP contribution is 2.31. The number of hydrogen-bond acceptors (Lipinski definition) is 8. The van der Waals surface area contributed by atoms with Gasteiger partial charge >= 0.3 is 0 Å². The van der Waals surface area contributed by atoms with Crippen molar-refractivity contribution in [2.24, 2.45) is 0 Å². The number of aliphatic hydroxyl groups is 1. The fraction of sp³-hybridized carbons (Fsp3) is 0.279. The number of amides is 2. The number of para-hydroxylation sites is 1. The summed E-state index contributed by atoms with van der Waals surface area (Å²) in [6.07, 6.45) is 5.53. The van der Waals surface area contributed by atoms with Crippen LogP contribution in [0.3, 0.4) is 0 Å². The van der Waals surface area contributed by atoms with Crippen LogP contribution in [0.5, 0.6) is 0 Å². The fourth-order valence-electron chi connectivity index (χ4n) is 8.19. The first-order chi connectivity index (χ1) is 27.8. The van der Waals surface area contributed by atoms with Gasteiger partial charge in [-0.1, -0.05) is 41.6 Å². The largest absolute Gasteiger partial charge is 0.396 e. The van der Waals surface area contributed by atoms with Crippen molar-refractivity contribution in [1.29, 1.82) is 0 Å². The average Bonchev–Trinajstić information content (AvgIpc) is 4.05. The van der Waals surface area contributed by atoms with Crippen LogP contribution in [0.4, 0.5) is 5.69 Å². The average molecular weight is 762 g/mol. The number of carbonyl (C=O) groups is 2. The second-order valence-corrected chi connectivity index (χ2v) is 14.7. The highest BCUT2D eigenvalue weighted by molar-refractivity contribution is 6.09. The van der Waals surface area contributed by atoms with E-state index < -0.39 is 0 Å². The van der Waals surface area contributed by atoms with Crippen LogP contribution >= 0.6 is 0 Å². The summed E-state index contributed by atoms with van der Waals surface area (Å²) in [7, 11) is 0. The molecule has 57 heavy (non-hydrogen) atoms. The van der Waals surface area contributed by atoms with Crippen molar-refractivity contribution in [2.75, 3.05) is 18.5 Å². The van der Waals surface area contributed by atoms with Gasteiger partial charge in [-0.2, -0.15) is 10.2 Å². The Morgan fingerprint density at radius 3 is 2.63 bits per heavy atom. The molecular weight excluding hydrogens is 719 g/mol. The fourth-order valence-corrected chi connectivity index (χ4v) is 8.19. The first kappa shape index (κ1) is 36.0. The molecule has 1 aliphatic heterocycles. The molecule has 288 valence electrons. The Labute approximate surface area is 328 Å². The monoisotopic (exact) mass is 761 g/mol. The number of aromatic nitrogens is 9. The predicted molar refractivity (Wildman–Crippen MR) is 217 cm³/mol. The molecule has 6 heterocycles. The Kier molecular flexibility index (Phi) is 9.33. The molecule has 2 N–H and O–H groups in total. The van der Waals surface area contributed by atoms with Crippen molar-refractivity contribution in [3.05, 3.63) is 125 Å². The zero-order valence-electron chi connectivity index (χ0n) is 32.2. The summed E-state index contributed by atoms with van der Waals surface area (Å²) in [4.78, 5) is 34.2. The van der Waals surface area contributed by atoms with Gasteiger partial charge in [-0.05, 0) is 82.0 Å². The Morgan fingerprint density at radius 1 is 0.982 bits per heavy atom. The number of hydrogen-bond donors (Lipinski definition) is 2. The maximum Gasteiger partial charge on any atom is 0.261 e. The first-order valence-electron chi connectivity index (χ1n) is 19.4. The normalized spacial score (nSPS) is 12.6. The molecule has 14 nitrogen and oxygen atoms in total. The molecule has 0 atom stereocenters. The quantitative estimate of drug-likeness (QED) is 0.149. The summed E-state index contributed by atoms with van der Waals surface area (Å²) in [6.45, 7) is 8.66. The predicted octanol–water partition coefficient (Wildman–Crippen LogP) is 6.20. The van der Waals surface area contributed by atoms with Gasteiger partial charge in [0.05, 0.1) is 35.9 Å². The van der Waals surface area contributed by atoms with Gasteiger partial charge in [0, 0.05) is 77.2 Å². The van der Waals surface area contributed by atoms with Gasteiger partial charge in [-0.25, -0.2) is 14.2 Å². The number of nitrogens with zero attached hydrogens (tertiary/aromatic N) is 10. The molecule has 0 radical (unpaired) electrons. The molecule has 0 saturated heterocycles. The third kappa shape index (κ3) is 6.61. The van der Waals surface area contributed by atoms with E-state index in [1.165, 1.54) is 28.0 Å². The number of aryl methyl sites for hydroxylation is 4. The van der Waals surface area contributed by atoms with E-state index >= 15 is 0 Å². The minimum atomic E-state index is -0.296. The number of anilines is 1. The van der Waals surface area contributed by atoms with Crippen LogP contribution < -0.4 is 5.32 Å². The minimum Gasteiger partial charge on any atom is -0.396 e. The number of aliphatic hydroxyl groups excluding tert-OH is 1. The second kappa shape index (κ2) is 14.8. The lowest BCUT2D eigenvalue weighted by molar-refractivity contribution is 0.0729. The van der Waals surface area contributed by atoms with Crippen molar-refractivity contribution in [2.45, 2.75) is 66.2 Å². The molecule has 5 aromatic heterocycles. The maximum atomic E-state index is 14.6. The third-order valence-electron chi connectivity index (χ3n) is 10.8. The number of nitrogens with one attached hydrogen (secondary N) is 1. The van der Waals surface area contributed by atoms with Crippen molar-refractivity contribution >= 4 is 45.0 Å². The summed E-state index contributed by atoms with van der Waals surface area (Å²) >= 11 is 0. The van der Waals surface area contributed by atoms with Gasteiger partial charge in [0.25, 0.3) is 11.8 Å². The summed E-state index contributed by atoms with van der Waals surface area (Å²) in [6, 6.07) is 24.2. The van der Waals surface area contributed by atoms with Gasteiger partial charge in [0.2, 0.25) is 0 Å². The Morgan fingerprint density at radius 2 is 1.81 bits per heavy atom. The van der Waals surface area contributed by atoms with E-state index in [1.807, 2.05) is 60.0 Å². The molecule has 3 aromatic carbocycles. The number of benzene rings is 3. The van der Waals surface area contributed by atoms with Crippen LogP contribution in [0.1, 0.15) is 68.8 Å². The van der Waals surface area contributed by atoms with Crippen molar-refractivity contribution in [3.63, 3.8) is 0 Å². The molecular formula is C43H43N11O3. The molecule has 0 saturated carbocycles. The Bertz CT molecular complexity index is 2810. The number of fused-ring (bicyclic) bond motifs is 5. The van der Waals surface area contributed by atoms with E-state index in [4.69, 9.17) is 5.10 Å². The van der Waals surface area contributed by atoms with Crippen LogP contribution in [-0.4, -0.2) is 78.9 Å². The molecule has 14 heteroatoms. The maximum absolute atomic E-state index is 14.6. The summed E-state index contributed by atoms with van der Waals surface area (Å²) in [5.74, 6) is -0.393. The lowest BCUT2D eigenvalue weighted by atomic mass is 10.1. The van der Waals surface area contributed by atoms with Crippen molar-refractivity contribution in [1.82, 2.24) is 48.8 Å². The minimum absolute atomic E-state index is 0.0141. The summed E-state index contributed by atoms with van der Waals surface area (Å²) in [5, 5.41) is 33.2.